The van der Waals surface area contributed by atoms with Crippen molar-refractivity contribution in [3.63, 3.8) is 0 Å². The van der Waals surface area contributed by atoms with Gasteiger partial charge in [0.15, 0.2) is 5.75 Å². The highest BCUT2D eigenvalue weighted by Gasteiger charge is 2.31. The van der Waals surface area contributed by atoms with Gasteiger partial charge in [0, 0.05) is 36.1 Å². The van der Waals surface area contributed by atoms with Gasteiger partial charge in [0.1, 0.15) is 13.2 Å². The molecule has 3 heterocycles. The fraction of sp³-hybridized carbons (Fsp3) is 0.588. The van der Waals surface area contributed by atoms with Crippen LogP contribution in [-0.2, 0) is 22.9 Å². The van der Waals surface area contributed by atoms with Crippen LogP contribution in [0, 0.1) is 0 Å². The molecule has 1 saturated heterocycles. The summed E-state index contributed by atoms with van der Waals surface area (Å²) in [6.07, 6.45) is 11.7. The number of benzene rings is 2. The quantitative estimate of drug-likeness (QED) is 0.195. The van der Waals surface area contributed by atoms with Crippen molar-refractivity contribution in [1.29, 1.82) is 0 Å². The zero-order chi connectivity index (χ0) is 27.3. The van der Waals surface area contributed by atoms with Crippen molar-refractivity contribution in [3.05, 3.63) is 47.5 Å². The number of aromatic nitrogens is 1. The minimum absolute atomic E-state index is 0.450. The number of hydrogen-bond acceptors (Lipinski definition) is 5. The van der Waals surface area contributed by atoms with Crippen LogP contribution in [0.2, 0.25) is 0 Å². The molecular formula is C34H47N3O3. The lowest BCUT2D eigenvalue weighted by Gasteiger charge is -2.32. The third-order valence-electron chi connectivity index (χ3n) is 9.30. The van der Waals surface area contributed by atoms with Crippen LogP contribution < -0.4 is 9.64 Å². The Labute approximate surface area is 240 Å². The summed E-state index contributed by atoms with van der Waals surface area (Å²) in [5.41, 5.74) is 7.88. The summed E-state index contributed by atoms with van der Waals surface area (Å²) in [6, 6.07) is 13.7. The molecule has 3 aromatic rings. The number of ether oxygens (including phenoxy) is 1. The van der Waals surface area contributed by atoms with Crippen molar-refractivity contribution in [2.75, 3.05) is 51.3 Å². The maximum Gasteiger partial charge on any atom is 0.152 e. The molecule has 0 spiro atoms. The first-order valence-corrected chi connectivity index (χ1v) is 15.8. The van der Waals surface area contributed by atoms with Crippen LogP contribution in [0.5, 0.6) is 5.75 Å². The van der Waals surface area contributed by atoms with Crippen molar-refractivity contribution in [3.8, 4) is 17.0 Å². The number of rotatable bonds is 10. The van der Waals surface area contributed by atoms with Gasteiger partial charge in [-0.25, -0.2) is 9.78 Å². The fourth-order valence-corrected chi connectivity index (χ4v) is 7.38. The van der Waals surface area contributed by atoms with Crippen LogP contribution in [0.3, 0.4) is 0 Å². The molecule has 6 heteroatoms. The topological polar surface area (TPSA) is 39.1 Å². The van der Waals surface area contributed by atoms with E-state index in [1.807, 2.05) is 0 Å². The van der Waals surface area contributed by atoms with Gasteiger partial charge in [-0.1, -0.05) is 50.8 Å². The van der Waals surface area contributed by atoms with E-state index in [0.717, 1.165) is 43.9 Å². The number of fused-ring (bicyclic) bond motifs is 5. The van der Waals surface area contributed by atoms with Gasteiger partial charge in [0.25, 0.3) is 0 Å². The molecule has 6 nitrogen and oxygen atoms in total. The van der Waals surface area contributed by atoms with Crippen molar-refractivity contribution in [1.82, 2.24) is 9.47 Å². The number of hydrogen-bond donors (Lipinski definition) is 0. The molecule has 0 atom stereocenters. The first-order chi connectivity index (χ1) is 19.8. The third-order valence-corrected chi connectivity index (χ3v) is 9.30. The van der Waals surface area contributed by atoms with Crippen molar-refractivity contribution < 1.29 is 14.5 Å². The molecule has 0 radical (unpaired) electrons. The zero-order valence-corrected chi connectivity index (χ0v) is 24.6. The maximum atomic E-state index is 6.71. The van der Waals surface area contributed by atoms with Gasteiger partial charge < -0.3 is 19.1 Å². The van der Waals surface area contributed by atoms with E-state index in [1.165, 1.54) is 97.9 Å². The van der Waals surface area contributed by atoms with Crippen LogP contribution in [-0.4, -0.2) is 55.9 Å². The van der Waals surface area contributed by atoms with Crippen LogP contribution >= 0.6 is 0 Å². The SMILES string of the molecule is CCCN(CCN1CCCCC1)c1cccc2c1OCCn1c-2c(C2CCCCC2)c2ccc(COOC)cc21. The van der Waals surface area contributed by atoms with Gasteiger partial charge in [-0.3, -0.25) is 0 Å². The molecule has 40 heavy (non-hydrogen) atoms. The molecule has 0 bridgehead atoms. The summed E-state index contributed by atoms with van der Waals surface area (Å²) in [4.78, 5) is 15.5. The van der Waals surface area contributed by atoms with Gasteiger partial charge >= 0.3 is 0 Å². The average Bonchev–Trinajstić information content (AvgIpc) is 3.19. The average molecular weight is 546 g/mol. The lowest BCUT2D eigenvalue weighted by atomic mass is 9.81. The second kappa shape index (κ2) is 13.0. The first-order valence-electron chi connectivity index (χ1n) is 15.8. The van der Waals surface area contributed by atoms with Crippen LogP contribution in [0.1, 0.15) is 81.8 Å². The molecule has 6 rings (SSSR count). The Hall–Kier alpha value is -2.54. The second-order valence-electron chi connectivity index (χ2n) is 11.9. The Morgan fingerprint density at radius 3 is 2.58 bits per heavy atom. The lowest BCUT2D eigenvalue weighted by Crippen LogP contribution is -2.38. The van der Waals surface area contributed by atoms with Crippen LogP contribution in [0.4, 0.5) is 5.69 Å². The Bertz CT molecular complexity index is 1270. The highest BCUT2D eigenvalue weighted by Crippen LogP contribution is 2.49. The van der Waals surface area contributed by atoms with E-state index in [4.69, 9.17) is 14.5 Å². The normalized spacial score (nSPS) is 18.2. The molecular weight excluding hydrogens is 498 g/mol. The van der Waals surface area contributed by atoms with E-state index >= 15 is 0 Å². The molecule has 1 aliphatic carbocycles. The molecule has 1 saturated carbocycles. The molecule has 0 amide bonds. The minimum atomic E-state index is 0.450. The predicted molar refractivity (Wildman–Crippen MR) is 163 cm³/mol. The number of nitrogens with zero attached hydrogens (tertiary/aromatic N) is 3. The summed E-state index contributed by atoms with van der Waals surface area (Å²) in [6.45, 7) is 9.98. The largest absolute Gasteiger partial charge is 0.489 e. The molecule has 0 unspecified atom stereocenters. The Morgan fingerprint density at radius 1 is 0.950 bits per heavy atom. The second-order valence-corrected chi connectivity index (χ2v) is 11.9. The molecule has 3 aliphatic rings. The Kier molecular flexibility index (Phi) is 8.95. The Morgan fingerprint density at radius 2 is 1.77 bits per heavy atom. The van der Waals surface area contributed by atoms with Gasteiger partial charge in [-0.15, -0.1) is 0 Å². The fourth-order valence-electron chi connectivity index (χ4n) is 7.38. The van der Waals surface area contributed by atoms with Gasteiger partial charge in [0.2, 0.25) is 0 Å². The molecule has 216 valence electrons. The summed E-state index contributed by atoms with van der Waals surface area (Å²) >= 11 is 0. The smallest absolute Gasteiger partial charge is 0.152 e. The molecule has 2 aromatic carbocycles. The summed E-state index contributed by atoms with van der Waals surface area (Å²) in [5.74, 6) is 1.67. The molecule has 1 aromatic heterocycles. The highest BCUT2D eigenvalue weighted by atomic mass is 17.2. The third kappa shape index (κ3) is 5.63. The number of piperidine rings is 1. The summed E-state index contributed by atoms with van der Waals surface area (Å²) in [5, 5.41) is 1.40. The molecule has 2 aliphatic heterocycles. The number of para-hydroxylation sites is 1. The van der Waals surface area contributed by atoms with Crippen molar-refractivity contribution in [2.24, 2.45) is 0 Å². The molecule has 2 fully saturated rings. The van der Waals surface area contributed by atoms with Crippen LogP contribution in [0.25, 0.3) is 22.2 Å². The zero-order valence-electron chi connectivity index (χ0n) is 24.6. The maximum absolute atomic E-state index is 6.71. The van der Waals surface area contributed by atoms with E-state index in [2.05, 4.69) is 57.7 Å². The lowest BCUT2D eigenvalue weighted by molar-refractivity contribution is -0.282. The van der Waals surface area contributed by atoms with Gasteiger partial charge in [-0.2, -0.15) is 0 Å². The number of likely N-dealkylation sites (tertiary alicyclic amines) is 1. The van der Waals surface area contributed by atoms with Gasteiger partial charge in [0.05, 0.1) is 25.0 Å². The monoisotopic (exact) mass is 545 g/mol. The van der Waals surface area contributed by atoms with E-state index in [-0.39, 0.29) is 0 Å². The summed E-state index contributed by atoms with van der Waals surface area (Å²) in [7, 11) is 1.57. The van der Waals surface area contributed by atoms with Crippen LogP contribution in [0.15, 0.2) is 36.4 Å². The standard InChI is InChI=1S/C34H47N3O3/c1-3-17-36(21-20-35-18-8-5-9-19-35)30-14-10-13-29-33-32(27-11-6-4-7-12-27)28-16-15-26(25-40-38-2)24-31(28)37(33)22-23-39-34(29)30/h10,13-16,24,27H,3-9,11-12,17-23,25H2,1-2H3. The summed E-state index contributed by atoms with van der Waals surface area (Å²) < 4.78 is 9.25. The van der Waals surface area contributed by atoms with E-state index < -0.39 is 0 Å². The van der Waals surface area contributed by atoms with Crippen molar-refractivity contribution in [2.45, 2.75) is 83.8 Å². The van der Waals surface area contributed by atoms with Gasteiger partial charge in [-0.05, 0) is 80.4 Å². The molecule has 0 N–H and O–H groups in total. The van der Waals surface area contributed by atoms with E-state index in [1.54, 1.807) is 7.11 Å². The van der Waals surface area contributed by atoms with E-state index in [9.17, 15) is 0 Å². The predicted octanol–water partition coefficient (Wildman–Crippen LogP) is 7.53. The van der Waals surface area contributed by atoms with E-state index in [0.29, 0.717) is 19.1 Å². The number of anilines is 1. The highest BCUT2D eigenvalue weighted by molar-refractivity contribution is 5.95. The Balaban J connectivity index is 1.44. The first kappa shape index (κ1) is 27.6. The van der Waals surface area contributed by atoms with Crippen molar-refractivity contribution >= 4 is 16.6 Å². The minimum Gasteiger partial charge on any atom is -0.489 e.